The number of rotatable bonds is 2. The van der Waals surface area contributed by atoms with Gasteiger partial charge in [-0.25, -0.2) is 0 Å². The minimum atomic E-state index is -0.187. The Bertz CT molecular complexity index is 231. The van der Waals surface area contributed by atoms with Crippen LogP contribution in [0.25, 0.3) is 0 Å². The smallest absolute Gasteiger partial charge is 0.876 e. The molecule has 0 spiro atoms. The van der Waals surface area contributed by atoms with Crippen LogP contribution < -0.4 is 10.2 Å². The Morgan fingerprint density at radius 1 is 0.800 bits per heavy atom. The van der Waals surface area contributed by atoms with Crippen LogP contribution in [-0.2, 0) is 9.59 Å². The van der Waals surface area contributed by atoms with Gasteiger partial charge in [0, 0.05) is 0 Å². The molecule has 0 saturated carbocycles. The molecule has 0 radical (unpaired) electrons. The van der Waals surface area contributed by atoms with E-state index in [9.17, 15) is 19.8 Å². The zero-order valence-corrected chi connectivity index (χ0v) is 13.0. The number of ketones is 2. The SMILES string of the molecule is CC(=O)/C=C(/C)[O-].CC(=O)/C=C(/C)[O-].[Sr+2]. The predicted molar refractivity (Wildman–Crippen MR) is 54.6 cm³/mol. The first-order chi connectivity index (χ1) is 6.25. The molecule has 0 aromatic rings. The molecule has 0 aliphatic carbocycles. The van der Waals surface area contributed by atoms with E-state index < -0.39 is 0 Å². The van der Waals surface area contributed by atoms with Crippen LogP contribution in [0.2, 0.25) is 0 Å². The van der Waals surface area contributed by atoms with Crippen molar-refractivity contribution >= 4 is 57.0 Å². The van der Waals surface area contributed by atoms with Crippen LogP contribution in [0.3, 0.4) is 0 Å². The normalized spacial score (nSPS) is 10.7. The zero-order valence-electron chi connectivity index (χ0n) is 9.49. The average molecular weight is 286 g/mol. The number of carbonyl (C=O) groups excluding carboxylic acids is 2. The van der Waals surface area contributed by atoms with E-state index in [0.29, 0.717) is 0 Å². The molecule has 0 aliphatic rings. The second kappa shape index (κ2) is 12.0. The molecule has 0 aromatic heterocycles. The molecule has 0 fully saturated rings. The minimum Gasteiger partial charge on any atom is -0.876 e. The van der Waals surface area contributed by atoms with Gasteiger partial charge in [0.2, 0.25) is 0 Å². The quantitative estimate of drug-likeness (QED) is 0.382. The third-order valence-corrected chi connectivity index (χ3v) is 0.813. The Morgan fingerprint density at radius 3 is 1.00 bits per heavy atom. The van der Waals surface area contributed by atoms with E-state index in [2.05, 4.69) is 0 Å². The third-order valence-electron chi connectivity index (χ3n) is 0.813. The Hall–Kier alpha value is -0.0995. The van der Waals surface area contributed by atoms with E-state index >= 15 is 0 Å². The zero-order chi connectivity index (χ0) is 11.7. The van der Waals surface area contributed by atoms with Gasteiger partial charge < -0.3 is 10.2 Å². The molecule has 15 heavy (non-hydrogen) atoms. The van der Waals surface area contributed by atoms with Crippen LogP contribution in [0.5, 0.6) is 0 Å². The van der Waals surface area contributed by atoms with Crippen LogP contribution in [-0.4, -0.2) is 57.0 Å². The van der Waals surface area contributed by atoms with Crippen LogP contribution in [0.15, 0.2) is 23.7 Å². The fraction of sp³-hybridized carbons (Fsp3) is 0.400. The minimum absolute atomic E-state index is 0. The standard InChI is InChI=1S/2C5H8O2.Sr/c2*1-4(6)3-5(2)7;/h2*3,6H,1-2H3;/q;;+2/p-2/b2*4-3-;. The second-order valence-corrected chi connectivity index (χ2v) is 2.73. The number of hydrogen-bond acceptors (Lipinski definition) is 4. The summed E-state index contributed by atoms with van der Waals surface area (Å²) in [7, 11) is 0. The van der Waals surface area contributed by atoms with Gasteiger partial charge in [-0.05, 0) is 26.0 Å². The molecule has 0 amide bonds. The monoisotopic (exact) mass is 286 g/mol. The van der Waals surface area contributed by atoms with Gasteiger partial charge in [0.1, 0.15) is 0 Å². The van der Waals surface area contributed by atoms with E-state index in [1.54, 1.807) is 0 Å². The molecule has 0 atom stereocenters. The van der Waals surface area contributed by atoms with E-state index in [0.717, 1.165) is 12.2 Å². The first-order valence-corrected chi connectivity index (χ1v) is 3.97. The van der Waals surface area contributed by atoms with Gasteiger partial charge in [0.25, 0.3) is 0 Å². The summed E-state index contributed by atoms with van der Waals surface area (Å²) in [4.78, 5) is 20.0. The molecule has 0 aromatic carbocycles. The van der Waals surface area contributed by atoms with Crippen LogP contribution in [0, 0.1) is 0 Å². The van der Waals surface area contributed by atoms with Gasteiger partial charge in [0.15, 0.2) is 11.6 Å². The molecule has 0 bridgehead atoms. The number of hydrogen-bond donors (Lipinski definition) is 0. The van der Waals surface area contributed by atoms with Crippen LogP contribution >= 0.6 is 0 Å². The van der Waals surface area contributed by atoms with Crippen molar-refractivity contribution in [3.8, 4) is 0 Å². The van der Waals surface area contributed by atoms with Crippen molar-refractivity contribution < 1.29 is 19.8 Å². The fourth-order valence-electron chi connectivity index (χ4n) is 0.572. The maximum absolute atomic E-state index is 9.98. The third kappa shape index (κ3) is 31.5. The van der Waals surface area contributed by atoms with Crippen molar-refractivity contribution in [1.82, 2.24) is 0 Å². The summed E-state index contributed by atoms with van der Waals surface area (Å²) in [5.41, 5.74) is 0. The molecule has 0 saturated heterocycles. The summed E-state index contributed by atoms with van der Waals surface area (Å²) in [6.45, 7) is 5.39. The summed E-state index contributed by atoms with van der Waals surface area (Å²) in [6, 6.07) is 0. The molecule has 5 heteroatoms. The van der Waals surface area contributed by atoms with Crippen molar-refractivity contribution in [1.29, 1.82) is 0 Å². The second-order valence-electron chi connectivity index (χ2n) is 2.73. The van der Waals surface area contributed by atoms with Crippen molar-refractivity contribution in [2.24, 2.45) is 0 Å². The molecule has 0 unspecified atom stereocenters. The molecule has 0 rings (SSSR count). The Kier molecular flexibility index (Phi) is 16.2. The average Bonchev–Trinajstić information content (AvgIpc) is 1.79. The fourth-order valence-corrected chi connectivity index (χ4v) is 0.572. The summed E-state index contributed by atoms with van der Waals surface area (Å²) in [5, 5.41) is 20.0. The summed E-state index contributed by atoms with van der Waals surface area (Å²) >= 11 is 0. The van der Waals surface area contributed by atoms with Gasteiger partial charge in [-0.2, -0.15) is 0 Å². The molecule has 0 N–H and O–H groups in total. The van der Waals surface area contributed by atoms with Gasteiger partial charge in [0.05, 0.1) is 0 Å². The van der Waals surface area contributed by atoms with Crippen LogP contribution in [0.4, 0.5) is 0 Å². The van der Waals surface area contributed by atoms with Crippen molar-refractivity contribution in [3.63, 3.8) is 0 Å². The first-order valence-electron chi connectivity index (χ1n) is 3.97. The number of allylic oxidation sites excluding steroid dienone is 4. The Balaban J connectivity index is -0.000000180. The van der Waals surface area contributed by atoms with E-state index in [1.807, 2.05) is 0 Å². The molecular formula is C10H14O4Sr. The van der Waals surface area contributed by atoms with Crippen molar-refractivity contribution in [3.05, 3.63) is 23.7 Å². The maximum atomic E-state index is 9.98. The predicted octanol–water partition coefficient (Wildman–Crippen LogP) is -0.702. The maximum Gasteiger partial charge on any atom is 2.00 e. The van der Waals surface area contributed by atoms with Gasteiger partial charge in [-0.15, -0.1) is 11.5 Å². The Labute approximate surface area is 127 Å². The summed E-state index contributed by atoms with van der Waals surface area (Å²) in [5.74, 6) is -0.750. The first kappa shape index (κ1) is 20.3. The van der Waals surface area contributed by atoms with Gasteiger partial charge >= 0.3 is 45.5 Å². The summed E-state index contributed by atoms with van der Waals surface area (Å²) < 4.78 is 0. The van der Waals surface area contributed by atoms with Crippen LogP contribution in [0.1, 0.15) is 27.7 Å². The number of carbonyl (C=O) groups is 2. The van der Waals surface area contributed by atoms with Crippen molar-refractivity contribution in [2.75, 3.05) is 0 Å². The van der Waals surface area contributed by atoms with Gasteiger partial charge in [-0.3, -0.25) is 9.59 Å². The topological polar surface area (TPSA) is 80.3 Å². The largest absolute Gasteiger partial charge is 2.00 e. The molecule has 80 valence electrons. The molecular weight excluding hydrogens is 272 g/mol. The molecule has 0 heterocycles. The summed E-state index contributed by atoms with van der Waals surface area (Å²) in [6.07, 6.45) is 2.11. The molecule has 4 nitrogen and oxygen atoms in total. The van der Waals surface area contributed by atoms with E-state index in [4.69, 9.17) is 0 Å². The molecule has 0 aliphatic heterocycles. The van der Waals surface area contributed by atoms with Gasteiger partial charge in [-0.1, -0.05) is 13.8 Å². The van der Waals surface area contributed by atoms with E-state index in [-0.39, 0.29) is 68.6 Å². The van der Waals surface area contributed by atoms with Crippen molar-refractivity contribution in [2.45, 2.75) is 27.7 Å². The van der Waals surface area contributed by atoms with E-state index in [1.165, 1.54) is 27.7 Å². The Morgan fingerprint density at radius 2 is 1.00 bits per heavy atom.